The predicted octanol–water partition coefficient (Wildman–Crippen LogP) is 1.53. The normalized spacial score (nSPS) is 17.6. The molecule has 1 unspecified atom stereocenters. The van der Waals surface area contributed by atoms with Crippen molar-refractivity contribution in [3.63, 3.8) is 0 Å². The molecule has 0 spiro atoms. The lowest BCUT2D eigenvalue weighted by atomic mass is 9.91. The number of methoxy groups -OCH3 is 1. The second-order valence-corrected chi connectivity index (χ2v) is 5.95. The highest BCUT2D eigenvalue weighted by molar-refractivity contribution is 5.83. The second-order valence-electron chi connectivity index (χ2n) is 5.95. The maximum absolute atomic E-state index is 12.0. The molecule has 1 heterocycles. The van der Waals surface area contributed by atoms with E-state index in [0.29, 0.717) is 5.92 Å². The fourth-order valence-corrected chi connectivity index (χ4v) is 2.96. The van der Waals surface area contributed by atoms with Gasteiger partial charge >= 0.3 is 6.03 Å². The maximum Gasteiger partial charge on any atom is 0.312 e. The van der Waals surface area contributed by atoms with Crippen molar-refractivity contribution in [2.24, 2.45) is 11.7 Å². The van der Waals surface area contributed by atoms with Crippen LogP contribution in [0.3, 0.4) is 0 Å². The second kappa shape index (κ2) is 8.41. The molecule has 0 aliphatic carbocycles. The van der Waals surface area contributed by atoms with Crippen LogP contribution in [0.5, 0.6) is 5.75 Å². The van der Waals surface area contributed by atoms with Crippen LogP contribution < -0.4 is 15.8 Å². The number of aryl methyl sites for hydroxylation is 1. The number of ether oxygens (including phenoxy) is 1. The molecule has 1 fully saturated rings. The van der Waals surface area contributed by atoms with Gasteiger partial charge in [-0.2, -0.15) is 0 Å². The molecule has 2 rings (SSSR count). The van der Waals surface area contributed by atoms with Crippen LogP contribution in [-0.4, -0.2) is 43.6 Å². The number of carbonyl (C=O) groups excluding carboxylic acids is 2. The SMILES string of the molecule is COc1ccc(CCC2CCCN(C(=O)CNC(N)=O)C2)cc1. The van der Waals surface area contributed by atoms with Gasteiger partial charge in [0.1, 0.15) is 5.75 Å². The third kappa shape index (κ3) is 5.47. The van der Waals surface area contributed by atoms with E-state index in [1.54, 1.807) is 7.11 Å². The van der Waals surface area contributed by atoms with Gasteiger partial charge in [-0.3, -0.25) is 4.79 Å². The fourth-order valence-electron chi connectivity index (χ4n) is 2.96. The van der Waals surface area contributed by atoms with E-state index in [2.05, 4.69) is 17.4 Å². The number of primary amides is 1. The molecule has 6 heteroatoms. The Morgan fingerprint density at radius 1 is 1.35 bits per heavy atom. The summed E-state index contributed by atoms with van der Waals surface area (Å²) in [5.74, 6) is 1.31. The molecule has 1 aromatic rings. The largest absolute Gasteiger partial charge is 0.497 e. The molecule has 1 aliphatic rings. The average molecular weight is 319 g/mol. The molecule has 1 saturated heterocycles. The van der Waals surface area contributed by atoms with E-state index >= 15 is 0 Å². The summed E-state index contributed by atoms with van der Waals surface area (Å²) >= 11 is 0. The first-order valence-corrected chi connectivity index (χ1v) is 8.02. The Morgan fingerprint density at radius 2 is 2.09 bits per heavy atom. The molecule has 0 radical (unpaired) electrons. The van der Waals surface area contributed by atoms with Gasteiger partial charge < -0.3 is 20.7 Å². The minimum atomic E-state index is -0.661. The lowest BCUT2D eigenvalue weighted by Gasteiger charge is -2.33. The molecule has 3 N–H and O–H groups in total. The third-order valence-corrected chi connectivity index (χ3v) is 4.29. The Hall–Kier alpha value is -2.24. The van der Waals surface area contributed by atoms with Crippen LogP contribution >= 0.6 is 0 Å². The summed E-state index contributed by atoms with van der Waals surface area (Å²) in [7, 11) is 1.66. The summed E-state index contributed by atoms with van der Waals surface area (Å²) in [6, 6.07) is 7.46. The molecule has 1 atom stereocenters. The smallest absolute Gasteiger partial charge is 0.312 e. The van der Waals surface area contributed by atoms with Gasteiger partial charge in [0.2, 0.25) is 5.91 Å². The molecule has 0 saturated carbocycles. The molecular weight excluding hydrogens is 294 g/mol. The minimum Gasteiger partial charge on any atom is -0.497 e. The van der Waals surface area contributed by atoms with Gasteiger partial charge in [0.05, 0.1) is 13.7 Å². The van der Waals surface area contributed by atoms with Gasteiger partial charge in [-0.25, -0.2) is 4.79 Å². The zero-order chi connectivity index (χ0) is 16.7. The van der Waals surface area contributed by atoms with E-state index in [1.807, 2.05) is 17.0 Å². The number of carbonyl (C=O) groups is 2. The average Bonchev–Trinajstić information content (AvgIpc) is 2.58. The maximum atomic E-state index is 12.0. The van der Waals surface area contributed by atoms with Crippen LogP contribution in [0, 0.1) is 5.92 Å². The Morgan fingerprint density at radius 3 is 2.74 bits per heavy atom. The van der Waals surface area contributed by atoms with E-state index in [4.69, 9.17) is 10.5 Å². The first-order chi connectivity index (χ1) is 11.1. The quantitative estimate of drug-likeness (QED) is 0.834. The van der Waals surface area contributed by atoms with Gasteiger partial charge in [0.15, 0.2) is 0 Å². The van der Waals surface area contributed by atoms with E-state index in [-0.39, 0.29) is 12.5 Å². The van der Waals surface area contributed by atoms with Crippen molar-refractivity contribution in [1.29, 1.82) is 0 Å². The minimum absolute atomic E-state index is 0.0134. The van der Waals surface area contributed by atoms with Crippen molar-refractivity contribution in [3.05, 3.63) is 29.8 Å². The predicted molar refractivity (Wildman–Crippen MR) is 88.2 cm³/mol. The van der Waals surface area contributed by atoms with Crippen LogP contribution in [0.1, 0.15) is 24.8 Å². The zero-order valence-corrected chi connectivity index (χ0v) is 13.6. The molecule has 126 valence electrons. The first-order valence-electron chi connectivity index (χ1n) is 8.02. The summed E-state index contributed by atoms with van der Waals surface area (Å²) in [4.78, 5) is 24.6. The Kier molecular flexibility index (Phi) is 6.26. The molecule has 0 aromatic heterocycles. The molecule has 6 nitrogen and oxygen atoms in total. The number of nitrogens with zero attached hydrogens (tertiary/aromatic N) is 1. The number of urea groups is 1. The first kappa shape index (κ1) is 17.1. The van der Waals surface area contributed by atoms with Crippen LogP contribution in [0.25, 0.3) is 0 Å². The van der Waals surface area contributed by atoms with Gasteiger partial charge in [-0.05, 0) is 49.3 Å². The molecule has 0 bridgehead atoms. The third-order valence-electron chi connectivity index (χ3n) is 4.29. The van der Waals surface area contributed by atoms with Crippen molar-refractivity contribution in [2.75, 3.05) is 26.7 Å². The summed E-state index contributed by atoms with van der Waals surface area (Å²) in [5, 5.41) is 2.36. The standard InChI is InChI=1S/C17H25N3O3/c1-23-15-8-6-13(7-9-15)4-5-14-3-2-10-20(12-14)16(21)11-19-17(18)22/h6-9,14H,2-5,10-12H2,1H3,(H3,18,19,22). The highest BCUT2D eigenvalue weighted by Crippen LogP contribution is 2.22. The van der Waals surface area contributed by atoms with Crippen molar-refractivity contribution in [3.8, 4) is 5.75 Å². The number of likely N-dealkylation sites (tertiary alicyclic amines) is 1. The summed E-state index contributed by atoms with van der Waals surface area (Å²) in [6.07, 6.45) is 4.20. The van der Waals surface area contributed by atoms with Gasteiger partial charge in [-0.1, -0.05) is 12.1 Å². The summed E-state index contributed by atoms with van der Waals surface area (Å²) in [5.41, 5.74) is 6.28. The number of amides is 3. The summed E-state index contributed by atoms with van der Waals surface area (Å²) in [6.45, 7) is 1.51. The van der Waals surface area contributed by atoms with Crippen molar-refractivity contribution in [2.45, 2.75) is 25.7 Å². The highest BCUT2D eigenvalue weighted by Gasteiger charge is 2.23. The number of hydrogen-bond acceptors (Lipinski definition) is 3. The topological polar surface area (TPSA) is 84.7 Å². The molecular formula is C17H25N3O3. The van der Waals surface area contributed by atoms with E-state index in [1.165, 1.54) is 5.56 Å². The van der Waals surface area contributed by atoms with Crippen molar-refractivity contribution in [1.82, 2.24) is 10.2 Å². The molecule has 1 aliphatic heterocycles. The van der Waals surface area contributed by atoms with Crippen molar-refractivity contribution >= 4 is 11.9 Å². The van der Waals surface area contributed by atoms with Crippen LogP contribution in [0.15, 0.2) is 24.3 Å². The number of hydrogen-bond donors (Lipinski definition) is 2. The molecule has 1 aromatic carbocycles. The molecule has 23 heavy (non-hydrogen) atoms. The van der Waals surface area contributed by atoms with Crippen LogP contribution in [0.4, 0.5) is 4.79 Å². The van der Waals surface area contributed by atoms with E-state index in [9.17, 15) is 9.59 Å². The number of nitrogens with two attached hydrogens (primary N) is 1. The Bertz CT molecular complexity index is 530. The summed E-state index contributed by atoms with van der Waals surface area (Å²) < 4.78 is 5.16. The zero-order valence-electron chi connectivity index (χ0n) is 13.6. The Labute approximate surface area is 137 Å². The lowest BCUT2D eigenvalue weighted by Crippen LogP contribution is -2.46. The monoisotopic (exact) mass is 319 g/mol. The van der Waals surface area contributed by atoms with E-state index in [0.717, 1.165) is 44.5 Å². The lowest BCUT2D eigenvalue weighted by molar-refractivity contribution is -0.131. The molecule has 3 amide bonds. The fraction of sp³-hybridized carbons (Fsp3) is 0.529. The number of nitrogens with one attached hydrogen (secondary N) is 1. The van der Waals surface area contributed by atoms with Crippen LogP contribution in [-0.2, 0) is 11.2 Å². The van der Waals surface area contributed by atoms with Gasteiger partial charge in [0.25, 0.3) is 0 Å². The van der Waals surface area contributed by atoms with E-state index < -0.39 is 6.03 Å². The highest BCUT2D eigenvalue weighted by atomic mass is 16.5. The number of piperidine rings is 1. The van der Waals surface area contributed by atoms with Crippen molar-refractivity contribution < 1.29 is 14.3 Å². The van der Waals surface area contributed by atoms with Gasteiger partial charge in [0, 0.05) is 13.1 Å². The number of rotatable bonds is 6. The number of benzene rings is 1. The van der Waals surface area contributed by atoms with Crippen LogP contribution in [0.2, 0.25) is 0 Å². The Balaban J connectivity index is 1.78. The van der Waals surface area contributed by atoms with Gasteiger partial charge in [-0.15, -0.1) is 0 Å².